The maximum absolute atomic E-state index is 12.2. The van der Waals surface area contributed by atoms with Gasteiger partial charge in [0.05, 0.1) is 12.0 Å². The summed E-state index contributed by atoms with van der Waals surface area (Å²) in [7, 11) is -1.97. The van der Waals surface area contributed by atoms with Gasteiger partial charge in [-0.2, -0.15) is 0 Å². The summed E-state index contributed by atoms with van der Waals surface area (Å²) in [5.41, 5.74) is 7.33. The zero-order chi connectivity index (χ0) is 23.0. The van der Waals surface area contributed by atoms with Gasteiger partial charge in [-0.05, 0) is 55.3 Å². The lowest BCUT2D eigenvalue weighted by atomic mass is 10.1. The van der Waals surface area contributed by atoms with Gasteiger partial charge in [0, 0.05) is 31.7 Å². The van der Waals surface area contributed by atoms with Gasteiger partial charge >= 0.3 is 0 Å². The number of hydrogen-bond donors (Lipinski definition) is 2. The van der Waals surface area contributed by atoms with Crippen LogP contribution in [0.25, 0.3) is 0 Å². The van der Waals surface area contributed by atoms with Crippen molar-refractivity contribution >= 4 is 38.1 Å². The van der Waals surface area contributed by atoms with Gasteiger partial charge in [0.15, 0.2) is 5.13 Å². The Morgan fingerprint density at radius 2 is 1.97 bits per heavy atom. The Kier molecular flexibility index (Phi) is 8.20. The van der Waals surface area contributed by atoms with Gasteiger partial charge in [0.1, 0.15) is 5.75 Å². The molecule has 1 fully saturated rings. The van der Waals surface area contributed by atoms with E-state index in [-0.39, 0.29) is 12.2 Å². The summed E-state index contributed by atoms with van der Waals surface area (Å²) in [5, 5.41) is 2.02. The molecule has 2 heterocycles. The van der Waals surface area contributed by atoms with Crippen molar-refractivity contribution in [2.75, 3.05) is 29.8 Å². The highest BCUT2D eigenvalue weighted by Gasteiger charge is 2.22. The fourth-order valence-electron chi connectivity index (χ4n) is 3.24. The molecule has 0 spiro atoms. The van der Waals surface area contributed by atoms with Gasteiger partial charge in [-0.3, -0.25) is 9.52 Å². The van der Waals surface area contributed by atoms with Crippen LogP contribution in [0.2, 0.25) is 0 Å². The van der Waals surface area contributed by atoms with Crippen molar-refractivity contribution in [2.45, 2.75) is 24.2 Å². The van der Waals surface area contributed by atoms with Crippen LogP contribution in [0, 0.1) is 0 Å². The number of nitrogens with zero attached hydrogens (tertiary/aromatic N) is 2. The van der Waals surface area contributed by atoms with Crippen molar-refractivity contribution < 1.29 is 19.4 Å². The Morgan fingerprint density at radius 3 is 2.56 bits per heavy atom. The molecule has 0 saturated carbocycles. The Bertz CT molecular complexity index is 1120. The molecule has 8 nitrogen and oxygen atoms in total. The molecule has 1 amide bonds. The van der Waals surface area contributed by atoms with Crippen molar-refractivity contribution in [2.24, 2.45) is 5.73 Å². The number of hydrogen-bond acceptors (Lipinski definition) is 7. The maximum Gasteiger partial charge on any atom is 0.263 e. The molecule has 172 valence electrons. The van der Waals surface area contributed by atoms with Crippen molar-refractivity contribution in [3.05, 3.63) is 65.7 Å². The predicted molar refractivity (Wildman–Crippen MR) is 129 cm³/mol. The van der Waals surface area contributed by atoms with Crippen LogP contribution in [0.1, 0.15) is 19.8 Å². The lowest BCUT2D eigenvalue weighted by Crippen LogP contribution is -2.23. The van der Waals surface area contributed by atoms with Crippen LogP contribution >= 0.6 is 11.3 Å². The van der Waals surface area contributed by atoms with Crippen LogP contribution in [-0.4, -0.2) is 39.5 Å². The molecular formula is C22H28N4O4S2. The van der Waals surface area contributed by atoms with Gasteiger partial charge in [-0.25, -0.2) is 13.4 Å². The fraction of sp³-hybridized carbons (Fsp3) is 0.273. The highest BCUT2D eigenvalue weighted by molar-refractivity contribution is 7.93. The summed E-state index contributed by atoms with van der Waals surface area (Å²) >= 11 is 1.21. The molecular weight excluding hydrogens is 448 g/mol. The van der Waals surface area contributed by atoms with E-state index in [2.05, 4.69) is 9.71 Å². The van der Waals surface area contributed by atoms with E-state index in [4.69, 9.17) is 10.5 Å². The van der Waals surface area contributed by atoms with E-state index < -0.39 is 10.0 Å². The molecule has 0 radical (unpaired) electrons. The van der Waals surface area contributed by atoms with Gasteiger partial charge in [0.25, 0.3) is 10.0 Å². The minimum atomic E-state index is -3.64. The average Bonchev–Trinajstić information content (AvgIpc) is 3.46. The number of anilines is 2. The normalized spacial score (nSPS) is 13.4. The molecule has 1 aliphatic rings. The molecule has 1 saturated heterocycles. The summed E-state index contributed by atoms with van der Waals surface area (Å²) < 4.78 is 31.9. The number of nitrogens with two attached hydrogens (primary N) is 1. The summed E-state index contributed by atoms with van der Waals surface area (Å²) in [5.74, 6) is 1.00. The molecule has 0 bridgehead atoms. The number of methoxy groups -OCH3 is 1. The third-order valence-corrected chi connectivity index (χ3v) is 6.96. The Morgan fingerprint density at radius 1 is 1.22 bits per heavy atom. The fourth-order valence-corrected chi connectivity index (χ4v) is 5.03. The van der Waals surface area contributed by atoms with Crippen LogP contribution < -0.4 is 20.1 Å². The van der Waals surface area contributed by atoms with Gasteiger partial charge < -0.3 is 15.4 Å². The third kappa shape index (κ3) is 6.06. The topological polar surface area (TPSA) is 115 Å². The number of ether oxygens (including phenoxy) is 1. The SMILES string of the molecule is COc1ccccc1CCN.O=C1CCCN1c1ccc(S(=O)(=O)Nc2nccs2)cc1.[HH]. The van der Waals surface area contributed by atoms with E-state index in [0.29, 0.717) is 24.6 Å². The molecule has 4 rings (SSSR count). The van der Waals surface area contributed by atoms with Crippen LogP contribution in [0.5, 0.6) is 5.75 Å². The van der Waals surface area contributed by atoms with Crippen molar-refractivity contribution in [1.29, 1.82) is 0 Å². The van der Waals surface area contributed by atoms with Gasteiger partial charge in [0.2, 0.25) is 5.91 Å². The number of para-hydroxylation sites is 1. The molecule has 0 unspecified atom stereocenters. The Labute approximate surface area is 193 Å². The lowest BCUT2D eigenvalue weighted by molar-refractivity contribution is -0.117. The van der Waals surface area contributed by atoms with E-state index in [0.717, 1.165) is 24.3 Å². The average molecular weight is 477 g/mol. The second-order valence-corrected chi connectivity index (χ2v) is 9.51. The first-order valence-electron chi connectivity index (χ1n) is 10.1. The van der Waals surface area contributed by atoms with Gasteiger partial charge in [-0.15, -0.1) is 11.3 Å². The minimum absolute atomic E-state index is 0. The van der Waals surface area contributed by atoms with Crippen molar-refractivity contribution in [3.63, 3.8) is 0 Å². The number of aromatic nitrogens is 1. The Hall–Kier alpha value is -2.95. The summed E-state index contributed by atoms with van der Waals surface area (Å²) in [4.78, 5) is 17.4. The van der Waals surface area contributed by atoms with E-state index in [1.54, 1.807) is 29.5 Å². The first-order valence-corrected chi connectivity index (χ1v) is 12.5. The molecule has 10 heteroatoms. The summed E-state index contributed by atoms with van der Waals surface area (Å²) in [6.45, 7) is 1.35. The maximum atomic E-state index is 12.2. The van der Waals surface area contributed by atoms with E-state index >= 15 is 0 Å². The highest BCUT2D eigenvalue weighted by Crippen LogP contribution is 2.24. The largest absolute Gasteiger partial charge is 0.496 e. The van der Waals surface area contributed by atoms with Gasteiger partial charge in [-0.1, -0.05) is 18.2 Å². The van der Waals surface area contributed by atoms with E-state index in [9.17, 15) is 13.2 Å². The molecule has 32 heavy (non-hydrogen) atoms. The second-order valence-electron chi connectivity index (χ2n) is 6.94. The smallest absolute Gasteiger partial charge is 0.263 e. The lowest BCUT2D eigenvalue weighted by Gasteiger charge is -2.16. The van der Waals surface area contributed by atoms with Crippen LogP contribution in [0.4, 0.5) is 10.8 Å². The molecule has 1 aromatic heterocycles. The third-order valence-electron chi connectivity index (χ3n) is 4.79. The standard InChI is InChI=1S/C13H13N3O3S2.C9H13NO.H2/c17-12-2-1-8-16(12)10-3-5-11(6-4-10)21(18,19)15-13-14-7-9-20-13;1-11-9-5-3-2-4-8(9)6-7-10;/h3-7,9H,1-2,8H2,(H,14,15);2-5H,6-7,10H2,1H3;1H. The number of sulfonamides is 1. The monoisotopic (exact) mass is 476 g/mol. The number of carbonyl (C=O) groups is 1. The van der Waals surface area contributed by atoms with E-state index in [1.165, 1.54) is 35.2 Å². The summed E-state index contributed by atoms with van der Waals surface area (Å²) in [6.07, 6.45) is 3.80. The van der Waals surface area contributed by atoms with Crippen molar-refractivity contribution in [1.82, 2.24) is 4.98 Å². The van der Waals surface area contributed by atoms with Crippen LogP contribution in [0.3, 0.4) is 0 Å². The molecule has 0 atom stereocenters. The molecule has 2 aromatic carbocycles. The number of nitrogens with one attached hydrogen (secondary N) is 1. The number of carbonyl (C=O) groups excluding carboxylic acids is 1. The first kappa shape index (κ1) is 23.7. The second kappa shape index (κ2) is 11.1. The molecule has 0 aliphatic carbocycles. The number of rotatable bonds is 7. The quantitative estimate of drug-likeness (QED) is 0.539. The van der Waals surface area contributed by atoms with Crippen LogP contribution in [-0.2, 0) is 21.2 Å². The first-order chi connectivity index (χ1) is 15.4. The molecule has 3 N–H and O–H groups in total. The number of benzene rings is 2. The summed E-state index contributed by atoms with van der Waals surface area (Å²) in [6, 6.07) is 14.2. The highest BCUT2D eigenvalue weighted by atomic mass is 32.2. The van der Waals surface area contributed by atoms with Crippen molar-refractivity contribution in [3.8, 4) is 5.75 Å². The molecule has 1 aliphatic heterocycles. The van der Waals surface area contributed by atoms with Crippen LogP contribution in [0.15, 0.2) is 65.0 Å². The number of amides is 1. The minimum Gasteiger partial charge on any atom is -0.496 e. The zero-order valence-corrected chi connectivity index (χ0v) is 19.4. The Balaban J connectivity index is 0.000000274. The predicted octanol–water partition coefficient (Wildman–Crippen LogP) is 3.51. The number of thiazole rings is 1. The molecule has 3 aromatic rings. The zero-order valence-electron chi connectivity index (χ0n) is 17.7. The van der Waals surface area contributed by atoms with E-state index in [1.807, 2.05) is 24.3 Å².